The minimum Gasteiger partial charge on any atom is -0.480 e. The number of carboxylic acids is 1. The van der Waals surface area contributed by atoms with Gasteiger partial charge in [0.25, 0.3) is 0 Å². The Morgan fingerprint density at radius 1 is 1.31 bits per heavy atom. The molecule has 96 valence electrons. The molecule has 0 amide bonds. The zero-order chi connectivity index (χ0) is 12.4. The second-order valence-electron chi connectivity index (χ2n) is 3.77. The summed E-state index contributed by atoms with van der Waals surface area (Å²) in [5.41, 5.74) is 0. The van der Waals surface area contributed by atoms with Gasteiger partial charge in [0.1, 0.15) is 6.04 Å². The van der Waals surface area contributed by atoms with Crippen LogP contribution < -0.4 is 5.32 Å². The predicted octanol–water partition coefficient (Wildman–Crippen LogP) is 0.881. The van der Waals surface area contributed by atoms with Crippen molar-refractivity contribution in [2.24, 2.45) is 0 Å². The summed E-state index contributed by atoms with van der Waals surface area (Å²) in [5, 5.41) is 11.7. The molecule has 0 aromatic rings. The normalized spacial score (nSPS) is 13.0. The van der Waals surface area contributed by atoms with Crippen LogP contribution in [0.1, 0.15) is 27.2 Å². The maximum Gasteiger partial charge on any atom is 0.320 e. The molecular formula is C11H23NO4. The molecule has 0 aromatic heterocycles. The molecule has 1 unspecified atom stereocenters. The van der Waals surface area contributed by atoms with E-state index in [9.17, 15) is 4.79 Å². The fourth-order valence-corrected chi connectivity index (χ4v) is 1.21. The molecule has 0 saturated heterocycles. The Kier molecular flexibility index (Phi) is 9.18. The third-order valence-electron chi connectivity index (χ3n) is 1.98. The summed E-state index contributed by atoms with van der Waals surface area (Å²) in [4.78, 5) is 10.8. The van der Waals surface area contributed by atoms with E-state index in [0.29, 0.717) is 32.8 Å². The lowest BCUT2D eigenvalue weighted by Crippen LogP contribution is -2.37. The van der Waals surface area contributed by atoms with Gasteiger partial charge in [-0.2, -0.15) is 0 Å². The smallest absolute Gasteiger partial charge is 0.320 e. The van der Waals surface area contributed by atoms with E-state index in [0.717, 1.165) is 0 Å². The van der Waals surface area contributed by atoms with Crippen molar-refractivity contribution in [1.29, 1.82) is 0 Å². The molecular weight excluding hydrogens is 210 g/mol. The highest BCUT2D eigenvalue weighted by Crippen LogP contribution is 1.94. The van der Waals surface area contributed by atoms with Gasteiger partial charge in [0, 0.05) is 6.61 Å². The summed E-state index contributed by atoms with van der Waals surface area (Å²) in [6.45, 7) is 7.95. The standard InChI is InChI=1S/C11H23NO4/c1-4-12-10(11(13)14)5-6-15-7-8-16-9(2)3/h9-10,12H,4-8H2,1-3H3,(H,13,14). The molecule has 16 heavy (non-hydrogen) atoms. The SMILES string of the molecule is CCNC(CCOCCOC(C)C)C(=O)O. The molecule has 0 bridgehead atoms. The summed E-state index contributed by atoms with van der Waals surface area (Å²) >= 11 is 0. The fraction of sp³-hybridized carbons (Fsp3) is 0.909. The molecule has 5 nitrogen and oxygen atoms in total. The van der Waals surface area contributed by atoms with Gasteiger partial charge in [-0.05, 0) is 26.8 Å². The van der Waals surface area contributed by atoms with E-state index in [1.807, 2.05) is 20.8 Å². The summed E-state index contributed by atoms with van der Waals surface area (Å²) in [6.07, 6.45) is 0.683. The highest BCUT2D eigenvalue weighted by atomic mass is 16.5. The van der Waals surface area contributed by atoms with Crippen LogP contribution in [0.25, 0.3) is 0 Å². The first kappa shape index (κ1) is 15.3. The van der Waals surface area contributed by atoms with Gasteiger partial charge >= 0.3 is 5.97 Å². The molecule has 0 aliphatic carbocycles. The van der Waals surface area contributed by atoms with Crippen molar-refractivity contribution in [3.05, 3.63) is 0 Å². The van der Waals surface area contributed by atoms with E-state index in [1.54, 1.807) is 0 Å². The van der Waals surface area contributed by atoms with Crippen molar-refractivity contribution in [1.82, 2.24) is 5.32 Å². The Morgan fingerprint density at radius 3 is 2.50 bits per heavy atom. The van der Waals surface area contributed by atoms with Crippen LogP contribution in [0.15, 0.2) is 0 Å². The van der Waals surface area contributed by atoms with E-state index in [4.69, 9.17) is 14.6 Å². The summed E-state index contributed by atoms with van der Waals surface area (Å²) < 4.78 is 10.6. The first-order valence-electron chi connectivity index (χ1n) is 5.73. The maximum atomic E-state index is 10.8. The molecule has 2 N–H and O–H groups in total. The predicted molar refractivity (Wildman–Crippen MR) is 61.6 cm³/mol. The molecule has 1 atom stereocenters. The Labute approximate surface area is 97.1 Å². The quantitative estimate of drug-likeness (QED) is 0.548. The van der Waals surface area contributed by atoms with Gasteiger partial charge in [0.15, 0.2) is 0 Å². The van der Waals surface area contributed by atoms with Crippen molar-refractivity contribution in [3.8, 4) is 0 Å². The van der Waals surface area contributed by atoms with Crippen LogP contribution in [-0.4, -0.2) is 49.6 Å². The zero-order valence-corrected chi connectivity index (χ0v) is 10.4. The average molecular weight is 233 g/mol. The number of aliphatic carboxylic acids is 1. The van der Waals surface area contributed by atoms with E-state index in [-0.39, 0.29) is 6.10 Å². The number of likely N-dealkylation sites (N-methyl/N-ethyl adjacent to an activating group) is 1. The zero-order valence-electron chi connectivity index (χ0n) is 10.4. The van der Waals surface area contributed by atoms with Gasteiger partial charge < -0.3 is 19.9 Å². The molecule has 0 saturated carbocycles. The lowest BCUT2D eigenvalue weighted by atomic mass is 10.2. The van der Waals surface area contributed by atoms with Crippen molar-refractivity contribution >= 4 is 5.97 Å². The first-order chi connectivity index (χ1) is 7.57. The number of rotatable bonds is 10. The van der Waals surface area contributed by atoms with Crippen molar-refractivity contribution in [2.75, 3.05) is 26.4 Å². The van der Waals surface area contributed by atoms with E-state index in [2.05, 4.69) is 5.32 Å². The molecule has 0 aliphatic heterocycles. The Bertz CT molecular complexity index is 185. The van der Waals surface area contributed by atoms with E-state index in [1.165, 1.54) is 0 Å². The van der Waals surface area contributed by atoms with Gasteiger partial charge in [-0.1, -0.05) is 6.92 Å². The van der Waals surface area contributed by atoms with Gasteiger partial charge in [0.05, 0.1) is 19.3 Å². The van der Waals surface area contributed by atoms with Gasteiger partial charge in [-0.15, -0.1) is 0 Å². The van der Waals surface area contributed by atoms with Crippen LogP contribution in [0.2, 0.25) is 0 Å². The third kappa shape index (κ3) is 8.64. The van der Waals surface area contributed by atoms with E-state index >= 15 is 0 Å². The number of carbonyl (C=O) groups is 1. The summed E-state index contributed by atoms with van der Waals surface area (Å²) in [5.74, 6) is -0.830. The Morgan fingerprint density at radius 2 is 2.00 bits per heavy atom. The highest BCUT2D eigenvalue weighted by Gasteiger charge is 2.14. The molecule has 0 aliphatic rings. The topological polar surface area (TPSA) is 67.8 Å². The second kappa shape index (κ2) is 9.57. The van der Waals surface area contributed by atoms with Crippen LogP contribution in [0.4, 0.5) is 0 Å². The lowest BCUT2D eigenvalue weighted by molar-refractivity contribution is -0.140. The minimum absolute atomic E-state index is 0.206. The first-order valence-corrected chi connectivity index (χ1v) is 5.73. The number of carboxylic acid groups (broad SMARTS) is 1. The third-order valence-corrected chi connectivity index (χ3v) is 1.98. The van der Waals surface area contributed by atoms with Crippen molar-refractivity contribution < 1.29 is 19.4 Å². The summed E-state index contributed by atoms with van der Waals surface area (Å²) in [7, 11) is 0. The Hall–Kier alpha value is -0.650. The minimum atomic E-state index is -0.830. The molecule has 0 heterocycles. The molecule has 5 heteroatoms. The molecule has 0 fully saturated rings. The Balaban J connectivity index is 3.44. The summed E-state index contributed by atoms with van der Waals surface area (Å²) in [6, 6.07) is -0.518. The van der Waals surface area contributed by atoms with Crippen LogP contribution in [-0.2, 0) is 14.3 Å². The molecule has 0 rings (SSSR count). The van der Waals surface area contributed by atoms with Crippen LogP contribution in [0.3, 0.4) is 0 Å². The molecule has 0 aromatic carbocycles. The highest BCUT2D eigenvalue weighted by molar-refractivity contribution is 5.73. The number of ether oxygens (including phenoxy) is 2. The van der Waals surface area contributed by atoms with Gasteiger partial charge in [0.2, 0.25) is 0 Å². The average Bonchev–Trinajstić information content (AvgIpc) is 2.20. The number of nitrogens with one attached hydrogen (secondary N) is 1. The van der Waals surface area contributed by atoms with Crippen LogP contribution in [0.5, 0.6) is 0 Å². The number of hydrogen-bond donors (Lipinski definition) is 2. The molecule has 0 radical (unpaired) electrons. The molecule has 0 spiro atoms. The monoisotopic (exact) mass is 233 g/mol. The van der Waals surface area contributed by atoms with Gasteiger partial charge in [-0.25, -0.2) is 0 Å². The van der Waals surface area contributed by atoms with Crippen LogP contribution in [0, 0.1) is 0 Å². The number of hydrogen-bond acceptors (Lipinski definition) is 4. The van der Waals surface area contributed by atoms with Crippen molar-refractivity contribution in [3.63, 3.8) is 0 Å². The van der Waals surface area contributed by atoms with E-state index < -0.39 is 12.0 Å². The van der Waals surface area contributed by atoms with Gasteiger partial charge in [-0.3, -0.25) is 4.79 Å². The van der Waals surface area contributed by atoms with Crippen LogP contribution >= 0.6 is 0 Å². The fourth-order valence-electron chi connectivity index (χ4n) is 1.21. The lowest BCUT2D eigenvalue weighted by Gasteiger charge is -2.13. The largest absolute Gasteiger partial charge is 0.480 e. The second-order valence-corrected chi connectivity index (χ2v) is 3.77. The maximum absolute atomic E-state index is 10.8. The van der Waals surface area contributed by atoms with Crippen molar-refractivity contribution in [2.45, 2.75) is 39.3 Å².